The quantitative estimate of drug-likeness (QED) is 0.791. The molecule has 0 radical (unpaired) electrons. The Labute approximate surface area is 89.3 Å². The van der Waals surface area contributed by atoms with Gasteiger partial charge in [0.2, 0.25) is 5.83 Å². The summed E-state index contributed by atoms with van der Waals surface area (Å²) in [6.07, 6.45) is 1.04. The number of carboxylic acid groups (broad SMARTS) is 1. The molecule has 0 aliphatic heterocycles. The summed E-state index contributed by atoms with van der Waals surface area (Å²) in [6, 6.07) is 7.48. The fraction of sp³-hybridized carbons (Fsp3) is 0. The maximum absolute atomic E-state index is 12.9. The summed E-state index contributed by atoms with van der Waals surface area (Å²) in [5, 5.41) is 11.0. The van der Waals surface area contributed by atoms with Gasteiger partial charge in [-0.3, -0.25) is 0 Å². The Balaban J connectivity index is 2.54. The Morgan fingerprint density at radius 2 is 2.13 bits per heavy atom. The second kappa shape index (κ2) is 3.82. The third-order valence-corrected chi connectivity index (χ3v) is 2.98. The predicted octanol–water partition coefficient (Wildman–Crippen LogP) is 3.30. The third-order valence-electron chi connectivity index (χ3n) is 2.00. The molecule has 0 aliphatic rings. The smallest absolute Gasteiger partial charge is 0.364 e. The second-order valence-corrected chi connectivity index (χ2v) is 3.90. The van der Waals surface area contributed by atoms with Gasteiger partial charge in [0, 0.05) is 4.70 Å². The number of halogens is 1. The van der Waals surface area contributed by atoms with Gasteiger partial charge in [-0.05, 0) is 28.5 Å². The van der Waals surface area contributed by atoms with Gasteiger partial charge in [0.25, 0.3) is 0 Å². The molecule has 2 nitrogen and oxygen atoms in total. The average Bonchev–Trinajstić information content (AvgIpc) is 2.62. The fourth-order valence-electron chi connectivity index (χ4n) is 1.31. The zero-order valence-corrected chi connectivity index (χ0v) is 8.42. The molecule has 0 aliphatic carbocycles. The van der Waals surface area contributed by atoms with Crippen molar-refractivity contribution >= 4 is 33.5 Å². The molecule has 1 N–H and O–H groups in total. The van der Waals surface area contributed by atoms with Crippen molar-refractivity contribution in [1.82, 2.24) is 0 Å². The van der Waals surface area contributed by atoms with Gasteiger partial charge in [0.05, 0.1) is 0 Å². The number of carbonyl (C=O) groups is 1. The molecule has 2 rings (SSSR count). The van der Waals surface area contributed by atoms with Crippen molar-refractivity contribution in [3.8, 4) is 0 Å². The minimum absolute atomic E-state index is 0.607. The number of carboxylic acids is 1. The van der Waals surface area contributed by atoms with E-state index in [2.05, 4.69) is 0 Å². The van der Waals surface area contributed by atoms with Crippen LogP contribution in [0.25, 0.3) is 16.2 Å². The minimum atomic E-state index is -1.54. The lowest BCUT2D eigenvalue weighted by Gasteiger charge is -1.91. The zero-order chi connectivity index (χ0) is 10.8. The minimum Gasteiger partial charge on any atom is -0.476 e. The van der Waals surface area contributed by atoms with E-state index in [1.165, 1.54) is 11.3 Å². The van der Waals surface area contributed by atoms with Crippen LogP contribution < -0.4 is 0 Å². The molecule has 0 unspecified atom stereocenters. The molecule has 4 heteroatoms. The topological polar surface area (TPSA) is 37.3 Å². The molecule has 1 aromatic carbocycles. The first-order valence-corrected chi connectivity index (χ1v) is 5.13. The number of aliphatic carboxylic acids is 1. The Hall–Kier alpha value is -1.68. The SMILES string of the molecule is O=C(O)C(F)=Cc1csc2ccccc12. The Bertz CT molecular complexity index is 542. The summed E-state index contributed by atoms with van der Waals surface area (Å²) in [7, 11) is 0. The first kappa shape index (κ1) is 9.86. The molecule has 76 valence electrons. The Morgan fingerprint density at radius 3 is 2.87 bits per heavy atom. The predicted molar refractivity (Wildman–Crippen MR) is 58.5 cm³/mol. The van der Waals surface area contributed by atoms with E-state index in [4.69, 9.17) is 5.11 Å². The van der Waals surface area contributed by atoms with E-state index in [9.17, 15) is 9.18 Å². The molecule has 1 aromatic heterocycles. The van der Waals surface area contributed by atoms with Gasteiger partial charge in [-0.1, -0.05) is 18.2 Å². The van der Waals surface area contributed by atoms with Gasteiger partial charge in [-0.25, -0.2) is 4.79 Å². The van der Waals surface area contributed by atoms with Crippen molar-refractivity contribution in [1.29, 1.82) is 0 Å². The number of fused-ring (bicyclic) bond motifs is 1. The van der Waals surface area contributed by atoms with Crippen molar-refractivity contribution in [3.63, 3.8) is 0 Å². The summed E-state index contributed by atoms with van der Waals surface area (Å²) in [6.45, 7) is 0. The molecule has 0 bridgehead atoms. The maximum Gasteiger partial charge on any atom is 0.364 e. The van der Waals surface area contributed by atoms with Crippen LogP contribution in [-0.4, -0.2) is 11.1 Å². The lowest BCUT2D eigenvalue weighted by Crippen LogP contribution is -1.93. The van der Waals surface area contributed by atoms with Crippen molar-refractivity contribution < 1.29 is 14.3 Å². The first-order chi connectivity index (χ1) is 7.18. The van der Waals surface area contributed by atoms with Crippen LogP contribution in [0.4, 0.5) is 4.39 Å². The largest absolute Gasteiger partial charge is 0.476 e. The van der Waals surface area contributed by atoms with Crippen LogP contribution in [0, 0.1) is 0 Å². The van der Waals surface area contributed by atoms with E-state index in [-0.39, 0.29) is 0 Å². The van der Waals surface area contributed by atoms with E-state index in [1.807, 2.05) is 24.3 Å². The zero-order valence-electron chi connectivity index (χ0n) is 7.61. The second-order valence-electron chi connectivity index (χ2n) is 2.98. The standard InChI is InChI=1S/C11H7FO2S/c12-9(11(13)14)5-7-6-15-10-4-2-1-3-8(7)10/h1-6H,(H,13,14). The molecular weight excluding hydrogens is 215 g/mol. The Kier molecular flexibility index (Phi) is 2.51. The van der Waals surface area contributed by atoms with Crippen LogP contribution in [0.2, 0.25) is 0 Å². The van der Waals surface area contributed by atoms with Gasteiger partial charge in [0.1, 0.15) is 0 Å². The lowest BCUT2D eigenvalue weighted by molar-refractivity contribution is -0.134. The fourth-order valence-corrected chi connectivity index (χ4v) is 2.23. The lowest BCUT2D eigenvalue weighted by atomic mass is 10.1. The van der Waals surface area contributed by atoms with Crippen molar-refractivity contribution in [2.75, 3.05) is 0 Å². The Morgan fingerprint density at radius 1 is 1.40 bits per heavy atom. The molecule has 0 fully saturated rings. The highest BCUT2D eigenvalue weighted by Crippen LogP contribution is 2.27. The molecule has 0 saturated heterocycles. The normalized spacial score (nSPS) is 11.9. The number of hydrogen-bond acceptors (Lipinski definition) is 2. The van der Waals surface area contributed by atoms with Crippen LogP contribution in [0.5, 0.6) is 0 Å². The first-order valence-electron chi connectivity index (χ1n) is 4.25. The molecule has 15 heavy (non-hydrogen) atoms. The summed E-state index contributed by atoms with van der Waals surface area (Å²) in [5.74, 6) is -2.68. The highest BCUT2D eigenvalue weighted by Gasteiger charge is 2.07. The number of benzene rings is 1. The highest BCUT2D eigenvalue weighted by atomic mass is 32.1. The van der Waals surface area contributed by atoms with Crippen LogP contribution in [0.1, 0.15) is 5.56 Å². The van der Waals surface area contributed by atoms with Crippen molar-refractivity contribution in [2.24, 2.45) is 0 Å². The summed E-state index contributed by atoms with van der Waals surface area (Å²) in [4.78, 5) is 10.3. The van der Waals surface area contributed by atoms with E-state index in [0.29, 0.717) is 5.56 Å². The van der Waals surface area contributed by atoms with E-state index in [1.54, 1.807) is 5.38 Å². The number of thiophene rings is 1. The maximum atomic E-state index is 12.9. The van der Waals surface area contributed by atoms with Gasteiger partial charge in [-0.2, -0.15) is 4.39 Å². The summed E-state index contributed by atoms with van der Waals surface area (Å²) >= 11 is 1.46. The van der Waals surface area contributed by atoms with E-state index in [0.717, 1.165) is 16.2 Å². The van der Waals surface area contributed by atoms with Crippen LogP contribution in [0.15, 0.2) is 35.5 Å². The monoisotopic (exact) mass is 222 g/mol. The molecule has 0 saturated carbocycles. The van der Waals surface area contributed by atoms with Gasteiger partial charge < -0.3 is 5.11 Å². The highest BCUT2D eigenvalue weighted by molar-refractivity contribution is 7.17. The van der Waals surface area contributed by atoms with Crippen molar-refractivity contribution in [2.45, 2.75) is 0 Å². The van der Waals surface area contributed by atoms with Crippen molar-refractivity contribution in [3.05, 3.63) is 41.0 Å². The number of hydrogen-bond donors (Lipinski definition) is 1. The molecular formula is C11H7FO2S. The van der Waals surface area contributed by atoms with Crippen LogP contribution >= 0.6 is 11.3 Å². The number of rotatable bonds is 2. The third kappa shape index (κ3) is 1.89. The van der Waals surface area contributed by atoms with Gasteiger partial charge >= 0.3 is 5.97 Å². The van der Waals surface area contributed by atoms with Crippen LogP contribution in [-0.2, 0) is 4.79 Å². The summed E-state index contributed by atoms with van der Waals surface area (Å²) in [5.41, 5.74) is 0.607. The average molecular weight is 222 g/mol. The van der Waals surface area contributed by atoms with E-state index >= 15 is 0 Å². The molecule has 0 amide bonds. The molecule has 0 spiro atoms. The van der Waals surface area contributed by atoms with Gasteiger partial charge in [-0.15, -0.1) is 11.3 Å². The molecule has 0 atom stereocenters. The molecule has 2 aromatic rings. The summed E-state index contributed by atoms with van der Waals surface area (Å²) < 4.78 is 13.9. The molecule has 1 heterocycles. The van der Waals surface area contributed by atoms with Crippen LogP contribution in [0.3, 0.4) is 0 Å². The van der Waals surface area contributed by atoms with Gasteiger partial charge in [0.15, 0.2) is 0 Å². The van der Waals surface area contributed by atoms with E-state index < -0.39 is 11.8 Å².